The smallest absolute Gasteiger partial charge is 0.225 e. The Morgan fingerprint density at radius 2 is 1.69 bits per heavy atom. The SMILES string of the molecule is CCc1ccc(Cc2cc([C@]34OC[C@](CO)(O3)[C@@H](O)[C@H](O)[C@H]4O)ccc2C)cc1. The van der Waals surface area contributed by atoms with E-state index in [2.05, 4.69) is 31.2 Å². The van der Waals surface area contributed by atoms with Crippen LogP contribution >= 0.6 is 0 Å². The van der Waals surface area contributed by atoms with Crippen molar-refractivity contribution in [1.29, 1.82) is 0 Å². The zero-order valence-electron chi connectivity index (χ0n) is 16.7. The van der Waals surface area contributed by atoms with Gasteiger partial charge in [0.25, 0.3) is 0 Å². The first kappa shape index (κ1) is 20.5. The minimum absolute atomic E-state index is 0.125. The molecule has 156 valence electrons. The van der Waals surface area contributed by atoms with Crippen LogP contribution in [0.1, 0.15) is 34.7 Å². The number of aliphatic hydroxyl groups excluding tert-OH is 4. The van der Waals surface area contributed by atoms with E-state index in [1.807, 2.05) is 19.1 Å². The Balaban J connectivity index is 1.69. The zero-order chi connectivity index (χ0) is 20.8. The fraction of sp³-hybridized carbons (Fsp3) is 0.478. The molecular weight excluding hydrogens is 372 g/mol. The summed E-state index contributed by atoms with van der Waals surface area (Å²) >= 11 is 0. The van der Waals surface area contributed by atoms with Crippen molar-refractivity contribution in [2.24, 2.45) is 0 Å². The Bertz CT molecular complexity index is 881. The lowest BCUT2D eigenvalue weighted by Gasteiger charge is -2.46. The number of rotatable bonds is 5. The van der Waals surface area contributed by atoms with E-state index >= 15 is 0 Å². The van der Waals surface area contributed by atoms with Crippen LogP contribution in [-0.2, 0) is 28.1 Å². The highest BCUT2D eigenvalue weighted by atomic mass is 16.8. The molecule has 2 aliphatic heterocycles. The summed E-state index contributed by atoms with van der Waals surface area (Å²) < 4.78 is 11.8. The molecule has 2 aliphatic rings. The van der Waals surface area contributed by atoms with Crippen molar-refractivity contribution in [3.8, 4) is 0 Å². The highest BCUT2D eigenvalue weighted by Crippen LogP contribution is 2.49. The molecule has 0 amide bonds. The summed E-state index contributed by atoms with van der Waals surface area (Å²) in [4.78, 5) is 0. The summed E-state index contributed by atoms with van der Waals surface area (Å²) in [7, 11) is 0. The van der Waals surface area contributed by atoms with Gasteiger partial charge < -0.3 is 29.9 Å². The number of benzene rings is 2. The molecule has 0 saturated carbocycles. The summed E-state index contributed by atoms with van der Waals surface area (Å²) in [6, 6.07) is 14.1. The normalized spacial score (nSPS) is 33.8. The maximum atomic E-state index is 10.7. The van der Waals surface area contributed by atoms with Crippen LogP contribution in [0.25, 0.3) is 0 Å². The molecule has 0 aromatic heterocycles. The molecule has 6 heteroatoms. The van der Waals surface area contributed by atoms with Crippen LogP contribution in [0.15, 0.2) is 42.5 Å². The molecule has 4 rings (SSSR count). The first-order valence-corrected chi connectivity index (χ1v) is 10.0. The molecule has 2 saturated heterocycles. The number of hydrogen-bond acceptors (Lipinski definition) is 6. The summed E-state index contributed by atoms with van der Waals surface area (Å²) in [5, 5.41) is 41.2. The molecule has 2 heterocycles. The van der Waals surface area contributed by atoms with Gasteiger partial charge in [0, 0.05) is 5.56 Å². The van der Waals surface area contributed by atoms with Gasteiger partial charge in [-0.05, 0) is 48.1 Å². The predicted molar refractivity (Wildman–Crippen MR) is 106 cm³/mol. The standard InChI is InChI=1S/C23H28O6/c1-3-15-5-7-16(8-6-15)10-17-11-18(9-4-14(17)2)23-21(27)19(25)20(26)22(12-24,29-23)13-28-23/h4-9,11,19-21,24-27H,3,10,12-13H2,1-2H3/t19-,20-,21+,22-,23-/m0/s1. The molecule has 4 N–H and O–H groups in total. The van der Waals surface area contributed by atoms with Crippen LogP contribution in [0.5, 0.6) is 0 Å². The number of aliphatic hydroxyl groups is 4. The van der Waals surface area contributed by atoms with Crippen molar-refractivity contribution in [2.45, 2.75) is 56.4 Å². The van der Waals surface area contributed by atoms with E-state index in [0.29, 0.717) is 12.0 Å². The number of hydrogen-bond donors (Lipinski definition) is 4. The summed E-state index contributed by atoms with van der Waals surface area (Å²) in [5.74, 6) is -1.63. The summed E-state index contributed by atoms with van der Waals surface area (Å²) in [6.07, 6.45) is -2.74. The van der Waals surface area contributed by atoms with Gasteiger partial charge in [-0.3, -0.25) is 0 Å². The number of aryl methyl sites for hydroxylation is 2. The highest BCUT2D eigenvalue weighted by Gasteiger charge is 2.67. The van der Waals surface area contributed by atoms with Gasteiger partial charge in [0.1, 0.15) is 23.9 Å². The largest absolute Gasteiger partial charge is 0.393 e. The van der Waals surface area contributed by atoms with E-state index in [9.17, 15) is 20.4 Å². The average molecular weight is 400 g/mol. The third-order valence-electron chi connectivity index (χ3n) is 6.31. The summed E-state index contributed by atoms with van der Waals surface area (Å²) in [5.41, 5.74) is 3.67. The third kappa shape index (κ3) is 3.20. The zero-order valence-corrected chi connectivity index (χ0v) is 16.7. The monoisotopic (exact) mass is 400 g/mol. The van der Waals surface area contributed by atoms with Crippen LogP contribution in [0, 0.1) is 6.92 Å². The van der Waals surface area contributed by atoms with Gasteiger partial charge >= 0.3 is 0 Å². The van der Waals surface area contributed by atoms with Crippen molar-refractivity contribution in [2.75, 3.05) is 13.2 Å². The molecule has 29 heavy (non-hydrogen) atoms. The molecule has 5 atom stereocenters. The molecule has 0 unspecified atom stereocenters. The molecule has 2 fully saturated rings. The lowest BCUT2D eigenvalue weighted by Crippen LogP contribution is -2.65. The summed E-state index contributed by atoms with van der Waals surface area (Å²) in [6.45, 7) is 3.49. The minimum atomic E-state index is -1.63. The highest BCUT2D eigenvalue weighted by molar-refractivity contribution is 5.39. The topological polar surface area (TPSA) is 99.4 Å². The first-order chi connectivity index (χ1) is 13.8. The van der Waals surface area contributed by atoms with E-state index in [1.54, 1.807) is 6.07 Å². The fourth-order valence-corrected chi connectivity index (χ4v) is 4.27. The Labute approximate surface area is 170 Å². The van der Waals surface area contributed by atoms with Crippen molar-refractivity contribution < 1.29 is 29.9 Å². The third-order valence-corrected chi connectivity index (χ3v) is 6.31. The second-order valence-corrected chi connectivity index (χ2v) is 8.15. The van der Waals surface area contributed by atoms with Crippen molar-refractivity contribution >= 4 is 0 Å². The fourth-order valence-electron chi connectivity index (χ4n) is 4.27. The van der Waals surface area contributed by atoms with Crippen molar-refractivity contribution in [1.82, 2.24) is 0 Å². The van der Waals surface area contributed by atoms with Gasteiger partial charge in [-0.2, -0.15) is 0 Å². The first-order valence-electron chi connectivity index (χ1n) is 10.0. The second kappa shape index (κ2) is 7.47. The van der Waals surface area contributed by atoms with Crippen LogP contribution in [0.4, 0.5) is 0 Å². The van der Waals surface area contributed by atoms with Gasteiger partial charge in [-0.1, -0.05) is 43.3 Å². The van der Waals surface area contributed by atoms with E-state index in [4.69, 9.17) is 9.47 Å². The molecule has 2 aromatic rings. The van der Waals surface area contributed by atoms with Crippen molar-refractivity contribution in [3.05, 3.63) is 70.3 Å². The Kier molecular flexibility index (Phi) is 5.27. The molecule has 6 nitrogen and oxygen atoms in total. The minimum Gasteiger partial charge on any atom is -0.393 e. The predicted octanol–water partition coefficient (Wildman–Crippen LogP) is 1.18. The van der Waals surface area contributed by atoms with Crippen LogP contribution in [-0.4, -0.2) is 57.6 Å². The molecule has 0 aliphatic carbocycles. The van der Waals surface area contributed by atoms with E-state index in [-0.39, 0.29) is 6.61 Å². The molecule has 2 aromatic carbocycles. The Hall–Kier alpha value is -1.80. The van der Waals surface area contributed by atoms with Crippen molar-refractivity contribution in [3.63, 3.8) is 0 Å². The van der Waals surface area contributed by atoms with E-state index in [1.165, 1.54) is 5.56 Å². The van der Waals surface area contributed by atoms with Gasteiger partial charge in [-0.25, -0.2) is 0 Å². The van der Waals surface area contributed by atoms with Gasteiger partial charge in [0.05, 0.1) is 13.2 Å². The molecule has 0 spiro atoms. The number of fused-ring (bicyclic) bond motifs is 2. The molecule has 0 radical (unpaired) electrons. The second-order valence-electron chi connectivity index (χ2n) is 8.15. The Morgan fingerprint density at radius 1 is 1.00 bits per heavy atom. The maximum Gasteiger partial charge on any atom is 0.225 e. The van der Waals surface area contributed by atoms with Gasteiger partial charge in [0.15, 0.2) is 0 Å². The average Bonchev–Trinajstić information content (AvgIpc) is 3.13. The van der Waals surface area contributed by atoms with E-state index in [0.717, 1.165) is 23.1 Å². The molecule has 2 bridgehead atoms. The number of ether oxygens (including phenoxy) is 2. The Morgan fingerprint density at radius 3 is 2.34 bits per heavy atom. The lowest BCUT2D eigenvalue weighted by molar-refractivity contribution is -0.329. The van der Waals surface area contributed by atoms with Gasteiger partial charge in [-0.15, -0.1) is 0 Å². The van der Waals surface area contributed by atoms with Crippen LogP contribution < -0.4 is 0 Å². The quantitative estimate of drug-likeness (QED) is 0.602. The van der Waals surface area contributed by atoms with Gasteiger partial charge in [0.2, 0.25) is 5.79 Å². The maximum absolute atomic E-state index is 10.7. The molecular formula is C23H28O6. The van der Waals surface area contributed by atoms with E-state index < -0.39 is 36.3 Å². The van der Waals surface area contributed by atoms with Crippen LogP contribution in [0.3, 0.4) is 0 Å². The lowest BCUT2D eigenvalue weighted by atomic mass is 9.83. The van der Waals surface area contributed by atoms with Crippen LogP contribution in [0.2, 0.25) is 0 Å².